The number of methoxy groups -OCH3 is 1. The van der Waals surface area contributed by atoms with E-state index in [1.165, 1.54) is 17.4 Å². The van der Waals surface area contributed by atoms with Crippen LogP contribution in [0.4, 0.5) is 0 Å². The number of furan rings is 1. The minimum atomic E-state index is -3.65. The van der Waals surface area contributed by atoms with Crippen molar-refractivity contribution in [3.63, 3.8) is 0 Å². The van der Waals surface area contributed by atoms with E-state index in [0.29, 0.717) is 30.5 Å². The smallest absolute Gasteiger partial charge is 0.274 e. The first kappa shape index (κ1) is 16.1. The van der Waals surface area contributed by atoms with Crippen molar-refractivity contribution in [3.8, 4) is 0 Å². The molecule has 2 aromatic heterocycles. The predicted molar refractivity (Wildman–Crippen MR) is 78.4 cm³/mol. The van der Waals surface area contributed by atoms with Crippen LogP contribution in [0.2, 0.25) is 0 Å². The number of ether oxygens (including phenoxy) is 1. The second kappa shape index (κ2) is 7.66. The molecule has 116 valence electrons. The quantitative estimate of drug-likeness (QED) is 0.665. The molecular weight excluding hydrogens is 314 g/mol. The van der Waals surface area contributed by atoms with Crippen LogP contribution in [0, 0.1) is 0 Å². The first-order valence-electron chi connectivity index (χ1n) is 6.28. The van der Waals surface area contributed by atoms with Crippen molar-refractivity contribution < 1.29 is 17.6 Å². The summed E-state index contributed by atoms with van der Waals surface area (Å²) in [5, 5.41) is 5.48. The maximum atomic E-state index is 12.0. The third-order valence-electron chi connectivity index (χ3n) is 2.58. The SMILES string of the molecule is COCCNCc1ccc(S(=O)(=O)NCc2nccs2)o1. The van der Waals surface area contributed by atoms with Crippen molar-refractivity contribution in [2.45, 2.75) is 18.2 Å². The fourth-order valence-corrected chi connectivity index (χ4v) is 3.13. The van der Waals surface area contributed by atoms with Crippen LogP contribution in [0.1, 0.15) is 10.8 Å². The van der Waals surface area contributed by atoms with Gasteiger partial charge in [-0.2, -0.15) is 0 Å². The third kappa shape index (κ3) is 4.90. The Labute approximate surface area is 127 Å². The zero-order chi connectivity index (χ0) is 15.1. The molecule has 0 fully saturated rings. The van der Waals surface area contributed by atoms with Gasteiger partial charge in [0.2, 0.25) is 5.09 Å². The molecule has 0 aliphatic carbocycles. The van der Waals surface area contributed by atoms with Crippen LogP contribution in [-0.2, 0) is 27.8 Å². The number of hydrogen-bond donors (Lipinski definition) is 2. The molecule has 2 aromatic rings. The van der Waals surface area contributed by atoms with E-state index >= 15 is 0 Å². The lowest BCUT2D eigenvalue weighted by Gasteiger charge is -2.03. The Morgan fingerprint density at radius 3 is 2.95 bits per heavy atom. The van der Waals surface area contributed by atoms with Crippen LogP contribution < -0.4 is 10.0 Å². The van der Waals surface area contributed by atoms with E-state index < -0.39 is 10.0 Å². The standard InChI is InChI=1S/C12H17N3O4S2/c1-18-6-4-13-8-10-2-3-12(19-10)21(16,17)15-9-11-14-5-7-20-11/h2-3,5,7,13,15H,4,6,8-9H2,1H3. The average molecular weight is 331 g/mol. The molecule has 0 saturated heterocycles. The van der Waals surface area contributed by atoms with Crippen LogP contribution in [0.25, 0.3) is 0 Å². The van der Waals surface area contributed by atoms with Crippen LogP contribution in [0.15, 0.2) is 33.2 Å². The molecule has 2 rings (SSSR count). The molecule has 0 spiro atoms. The van der Waals surface area contributed by atoms with Gasteiger partial charge in [0.25, 0.3) is 10.0 Å². The highest BCUT2D eigenvalue weighted by Gasteiger charge is 2.18. The van der Waals surface area contributed by atoms with E-state index in [1.807, 2.05) is 0 Å². The molecule has 21 heavy (non-hydrogen) atoms. The van der Waals surface area contributed by atoms with Crippen molar-refractivity contribution >= 4 is 21.4 Å². The molecule has 7 nitrogen and oxygen atoms in total. The summed E-state index contributed by atoms with van der Waals surface area (Å²) in [6.07, 6.45) is 1.63. The van der Waals surface area contributed by atoms with Crippen molar-refractivity contribution in [2.75, 3.05) is 20.3 Å². The first-order chi connectivity index (χ1) is 10.1. The van der Waals surface area contributed by atoms with Gasteiger partial charge in [0.15, 0.2) is 0 Å². The molecule has 0 atom stereocenters. The van der Waals surface area contributed by atoms with Gasteiger partial charge in [-0.05, 0) is 12.1 Å². The van der Waals surface area contributed by atoms with Gasteiger partial charge in [-0.15, -0.1) is 11.3 Å². The summed E-state index contributed by atoms with van der Waals surface area (Å²) in [7, 11) is -2.03. The Hall–Kier alpha value is -1.26. The molecule has 0 bridgehead atoms. The molecule has 0 aromatic carbocycles. The number of hydrogen-bond acceptors (Lipinski definition) is 7. The van der Waals surface area contributed by atoms with Gasteiger partial charge in [0.1, 0.15) is 10.8 Å². The predicted octanol–water partition coefficient (Wildman–Crippen LogP) is 0.951. The summed E-state index contributed by atoms with van der Waals surface area (Å²) < 4.78 is 36.8. The highest BCUT2D eigenvalue weighted by Crippen LogP contribution is 2.14. The molecule has 0 saturated carbocycles. The molecule has 0 amide bonds. The largest absolute Gasteiger partial charge is 0.447 e. The number of nitrogens with one attached hydrogen (secondary N) is 2. The lowest BCUT2D eigenvalue weighted by molar-refractivity contribution is 0.198. The number of rotatable bonds is 9. The molecule has 2 heterocycles. The summed E-state index contributed by atoms with van der Waals surface area (Å²) in [5.74, 6) is 0.556. The first-order valence-corrected chi connectivity index (χ1v) is 8.64. The highest BCUT2D eigenvalue weighted by molar-refractivity contribution is 7.89. The fraction of sp³-hybridized carbons (Fsp3) is 0.417. The minimum Gasteiger partial charge on any atom is -0.447 e. The molecule has 2 N–H and O–H groups in total. The molecule has 0 unspecified atom stereocenters. The second-order valence-electron chi connectivity index (χ2n) is 4.14. The number of thiazole rings is 1. The van der Waals surface area contributed by atoms with Gasteiger partial charge < -0.3 is 14.5 Å². The van der Waals surface area contributed by atoms with Crippen LogP contribution >= 0.6 is 11.3 Å². The van der Waals surface area contributed by atoms with Gasteiger partial charge in [0, 0.05) is 25.2 Å². The Bertz CT molecular complexity index is 637. The normalized spacial score (nSPS) is 11.9. The van der Waals surface area contributed by atoms with Gasteiger partial charge in [0.05, 0.1) is 19.7 Å². The Morgan fingerprint density at radius 2 is 2.24 bits per heavy atom. The van der Waals surface area contributed by atoms with E-state index in [2.05, 4.69) is 15.0 Å². The monoisotopic (exact) mass is 331 g/mol. The zero-order valence-corrected chi connectivity index (χ0v) is 13.2. The van der Waals surface area contributed by atoms with E-state index in [0.717, 1.165) is 0 Å². The summed E-state index contributed by atoms with van der Waals surface area (Å²) >= 11 is 1.39. The average Bonchev–Trinajstić information content (AvgIpc) is 3.13. The highest BCUT2D eigenvalue weighted by atomic mass is 32.2. The number of aromatic nitrogens is 1. The number of sulfonamides is 1. The zero-order valence-electron chi connectivity index (χ0n) is 11.5. The molecular formula is C12H17N3O4S2. The molecule has 0 aliphatic rings. The van der Waals surface area contributed by atoms with Gasteiger partial charge in [-0.3, -0.25) is 0 Å². The van der Waals surface area contributed by atoms with Gasteiger partial charge >= 0.3 is 0 Å². The Morgan fingerprint density at radius 1 is 1.38 bits per heavy atom. The lowest BCUT2D eigenvalue weighted by Crippen LogP contribution is -2.22. The summed E-state index contributed by atoms with van der Waals surface area (Å²) in [6.45, 7) is 1.86. The maximum absolute atomic E-state index is 12.0. The van der Waals surface area contributed by atoms with Gasteiger partial charge in [-0.25, -0.2) is 18.1 Å². The summed E-state index contributed by atoms with van der Waals surface area (Å²) in [4.78, 5) is 4.02. The molecule has 0 radical (unpaired) electrons. The van der Waals surface area contributed by atoms with Gasteiger partial charge in [-0.1, -0.05) is 0 Å². The molecule has 9 heteroatoms. The van der Waals surface area contributed by atoms with Crippen molar-refractivity contribution in [2.24, 2.45) is 0 Å². The summed E-state index contributed by atoms with van der Waals surface area (Å²) in [6, 6.07) is 3.08. The van der Waals surface area contributed by atoms with E-state index in [9.17, 15) is 8.42 Å². The van der Waals surface area contributed by atoms with Crippen molar-refractivity contribution in [1.82, 2.24) is 15.0 Å². The summed E-state index contributed by atoms with van der Waals surface area (Å²) in [5.41, 5.74) is 0. The fourth-order valence-electron chi connectivity index (χ4n) is 1.55. The van der Waals surface area contributed by atoms with Crippen LogP contribution in [-0.4, -0.2) is 33.7 Å². The van der Waals surface area contributed by atoms with E-state index in [1.54, 1.807) is 24.8 Å². The Balaban J connectivity index is 1.89. The lowest BCUT2D eigenvalue weighted by atomic mass is 10.4. The topological polar surface area (TPSA) is 93.5 Å². The maximum Gasteiger partial charge on any atom is 0.274 e. The third-order valence-corrected chi connectivity index (χ3v) is 4.63. The molecule has 0 aliphatic heterocycles. The minimum absolute atomic E-state index is 0.0948. The van der Waals surface area contributed by atoms with Crippen LogP contribution in [0.5, 0.6) is 0 Å². The van der Waals surface area contributed by atoms with E-state index in [-0.39, 0.29) is 11.6 Å². The second-order valence-corrected chi connectivity index (χ2v) is 6.82. The number of nitrogens with zero attached hydrogens (tertiary/aromatic N) is 1. The van der Waals surface area contributed by atoms with E-state index in [4.69, 9.17) is 9.15 Å². The van der Waals surface area contributed by atoms with Crippen LogP contribution in [0.3, 0.4) is 0 Å². The van der Waals surface area contributed by atoms with Crippen molar-refractivity contribution in [3.05, 3.63) is 34.5 Å². The van der Waals surface area contributed by atoms with Crippen molar-refractivity contribution in [1.29, 1.82) is 0 Å². The Kier molecular flexibility index (Phi) is 5.88.